The standard InChI is InChI=1S/C15H27N3O2S2/c1-6-16-14(18-11-15(3,4)22(5,19)20)17-10-12(2)13-8-7-9-21-13/h7-9,12H,6,10-11H2,1-5H3,(H2,16,17,18). The third kappa shape index (κ3) is 5.61. The van der Waals surface area contributed by atoms with Crippen molar-refractivity contribution in [2.24, 2.45) is 4.99 Å². The maximum atomic E-state index is 11.7. The number of sulfone groups is 1. The smallest absolute Gasteiger partial charge is 0.191 e. The molecule has 22 heavy (non-hydrogen) atoms. The van der Waals surface area contributed by atoms with Gasteiger partial charge in [-0.3, -0.25) is 4.99 Å². The van der Waals surface area contributed by atoms with Crippen LogP contribution in [0.2, 0.25) is 0 Å². The number of thiophene rings is 1. The Kier molecular flexibility index (Phi) is 6.87. The second-order valence-electron chi connectivity index (χ2n) is 6.02. The van der Waals surface area contributed by atoms with Crippen LogP contribution in [-0.4, -0.2) is 45.0 Å². The molecule has 2 N–H and O–H groups in total. The van der Waals surface area contributed by atoms with Crippen molar-refractivity contribution in [2.75, 3.05) is 25.9 Å². The Balaban J connectivity index is 2.67. The number of hydrogen-bond acceptors (Lipinski definition) is 4. The van der Waals surface area contributed by atoms with Gasteiger partial charge in [-0.25, -0.2) is 8.42 Å². The lowest BCUT2D eigenvalue weighted by atomic mass is 10.1. The van der Waals surface area contributed by atoms with Gasteiger partial charge in [-0.2, -0.15) is 0 Å². The van der Waals surface area contributed by atoms with E-state index in [1.165, 1.54) is 11.1 Å². The summed E-state index contributed by atoms with van der Waals surface area (Å²) in [5, 5.41) is 8.51. The Labute approximate surface area is 138 Å². The summed E-state index contributed by atoms with van der Waals surface area (Å²) in [5.74, 6) is 1.04. The molecule has 0 spiro atoms. The first-order valence-electron chi connectivity index (χ1n) is 7.42. The van der Waals surface area contributed by atoms with Crippen LogP contribution in [0.5, 0.6) is 0 Å². The minimum Gasteiger partial charge on any atom is -0.357 e. The van der Waals surface area contributed by atoms with E-state index in [4.69, 9.17) is 0 Å². The molecule has 7 heteroatoms. The van der Waals surface area contributed by atoms with Gasteiger partial charge < -0.3 is 10.6 Å². The molecule has 0 saturated carbocycles. The molecule has 0 bridgehead atoms. The molecule has 1 unspecified atom stereocenters. The Morgan fingerprint density at radius 1 is 1.41 bits per heavy atom. The third-order valence-electron chi connectivity index (χ3n) is 3.57. The van der Waals surface area contributed by atoms with Crippen molar-refractivity contribution in [3.63, 3.8) is 0 Å². The van der Waals surface area contributed by atoms with Gasteiger partial charge in [-0.05, 0) is 32.2 Å². The van der Waals surface area contributed by atoms with E-state index >= 15 is 0 Å². The predicted octanol–water partition coefficient (Wildman–Crippen LogP) is 2.23. The third-order valence-corrected chi connectivity index (χ3v) is 6.81. The fourth-order valence-corrected chi connectivity index (χ4v) is 2.74. The highest BCUT2D eigenvalue weighted by atomic mass is 32.2. The summed E-state index contributed by atoms with van der Waals surface area (Å²) in [6.07, 6.45) is 1.25. The number of nitrogens with zero attached hydrogens (tertiary/aromatic N) is 1. The Bertz CT molecular complexity index is 578. The van der Waals surface area contributed by atoms with E-state index in [0.29, 0.717) is 11.9 Å². The number of guanidine groups is 1. The van der Waals surface area contributed by atoms with Gasteiger partial charge >= 0.3 is 0 Å². The number of aliphatic imine (C=N–C) groups is 1. The first-order chi connectivity index (χ1) is 10.2. The highest BCUT2D eigenvalue weighted by Gasteiger charge is 2.29. The summed E-state index contributed by atoms with van der Waals surface area (Å²) >= 11 is 1.74. The fraction of sp³-hybridized carbons (Fsp3) is 0.667. The summed E-state index contributed by atoms with van der Waals surface area (Å²) in [6, 6.07) is 4.16. The predicted molar refractivity (Wildman–Crippen MR) is 95.6 cm³/mol. The molecule has 1 heterocycles. The average molecular weight is 346 g/mol. The molecule has 0 aliphatic rings. The van der Waals surface area contributed by atoms with Crippen LogP contribution >= 0.6 is 11.3 Å². The highest BCUT2D eigenvalue weighted by molar-refractivity contribution is 7.92. The molecule has 5 nitrogen and oxygen atoms in total. The van der Waals surface area contributed by atoms with Gasteiger partial charge in [0.1, 0.15) is 0 Å². The zero-order chi connectivity index (χ0) is 16.8. The molecule has 126 valence electrons. The molecule has 1 atom stereocenters. The molecule has 0 aromatic carbocycles. The van der Waals surface area contributed by atoms with Crippen molar-refractivity contribution in [3.8, 4) is 0 Å². The van der Waals surface area contributed by atoms with E-state index < -0.39 is 14.6 Å². The molecule has 1 aromatic heterocycles. The normalized spacial score (nSPS) is 14.7. The van der Waals surface area contributed by atoms with Crippen molar-refractivity contribution in [2.45, 2.75) is 38.4 Å². The number of hydrogen-bond donors (Lipinski definition) is 2. The summed E-state index contributed by atoms with van der Waals surface area (Å²) < 4.78 is 22.6. The maximum absolute atomic E-state index is 11.7. The van der Waals surface area contributed by atoms with E-state index in [1.807, 2.05) is 13.0 Å². The van der Waals surface area contributed by atoms with Crippen molar-refractivity contribution >= 4 is 27.1 Å². The zero-order valence-electron chi connectivity index (χ0n) is 14.0. The van der Waals surface area contributed by atoms with Crippen LogP contribution in [-0.2, 0) is 9.84 Å². The van der Waals surface area contributed by atoms with E-state index in [1.54, 1.807) is 25.2 Å². The van der Waals surface area contributed by atoms with Gasteiger partial charge in [0.05, 0.1) is 11.3 Å². The first-order valence-corrected chi connectivity index (χ1v) is 10.2. The summed E-state index contributed by atoms with van der Waals surface area (Å²) in [7, 11) is -3.14. The molecular formula is C15H27N3O2S2. The Hall–Kier alpha value is -1.08. The van der Waals surface area contributed by atoms with Gasteiger partial charge in [-0.15, -0.1) is 11.3 Å². The van der Waals surface area contributed by atoms with Crippen LogP contribution in [0.4, 0.5) is 0 Å². The monoisotopic (exact) mass is 345 g/mol. The van der Waals surface area contributed by atoms with Crippen molar-refractivity contribution in [1.82, 2.24) is 10.6 Å². The molecule has 1 rings (SSSR count). The van der Waals surface area contributed by atoms with Crippen LogP contribution in [0.15, 0.2) is 22.5 Å². The molecule has 0 amide bonds. The second kappa shape index (κ2) is 7.97. The largest absolute Gasteiger partial charge is 0.357 e. The van der Waals surface area contributed by atoms with Gasteiger partial charge in [0.25, 0.3) is 0 Å². The summed E-state index contributed by atoms with van der Waals surface area (Å²) in [5.41, 5.74) is 0. The minimum atomic E-state index is -3.14. The van der Waals surface area contributed by atoms with Crippen LogP contribution < -0.4 is 10.6 Å². The molecular weight excluding hydrogens is 318 g/mol. The maximum Gasteiger partial charge on any atom is 0.191 e. The topological polar surface area (TPSA) is 70.6 Å². The van der Waals surface area contributed by atoms with Crippen molar-refractivity contribution in [3.05, 3.63) is 22.4 Å². The quantitative estimate of drug-likeness (QED) is 0.587. The molecule has 0 fully saturated rings. The van der Waals surface area contributed by atoms with E-state index in [9.17, 15) is 8.42 Å². The summed E-state index contributed by atoms with van der Waals surface area (Å²) in [6.45, 7) is 9.26. The second-order valence-corrected chi connectivity index (χ2v) is 9.65. The fourth-order valence-electron chi connectivity index (χ4n) is 1.65. The molecule has 0 radical (unpaired) electrons. The van der Waals surface area contributed by atoms with E-state index in [0.717, 1.165) is 13.1 Å². The Morgan fingerprint density at radius 3 is 2.59 bits per heavy atom. The average Bonchev–Trinajstić information content (AvgIpc) is 2.94. The summed E-state index contributed by atoms with van der Waals surface area (Å²) in [4.78, 5) is 5.74. The van der Waals surface area contributed by atoms with E-state index in [2.05, 4.69) is 34.0 Å². The van der Waals surface area contributed by atoms with Crippen LogP contribution in [0.25, 0.3) is 0 Å². The molecule has 0 aliphatic heterocycles. The molecule has 0 saturated heterocycles. The van der Waals surface area contributed by atoms with Crippen molar-refractivity contribution in [1.29, 1.82) is 0 Å². The van der Waals surface area contributed by atoms with Crippen LogP contribution in [0.3, 0.4) is 0 Å². The lowest BCUT2D eigenvalue weighted by Gasteiger charge is -2.21. The van der Waals surface area contributed by atoms with Crippen molar-refractivity contribution < 1.29 is 8.42 Å². The van der Waals surface area contributed by atoms with Gasteiger partial charge in [0.2, 0.25) is 0 Å². The highest BCUT2D eigenvalue weighted by Crippen LogP contribution is 2.19. The minimum absolute atomic E-state index is 0.231. The SMILES string of the molecule is CCNC(=NCC(C)(C)S(C)(=O)=O)NCC(C)c1cccs1. The van der Waals surface area contributed by atoms with Crippen LogP contribution in [0.1, 0.15) is 38.5 Å². The lowest BCUT2D eigenvalue weighted by molar-refractivity contribution is 0.554. The molecule has 1 aromatic rings. The van der Waals surface area contributed by atoms with Gasteiger partial charge in [-0.1, -0.05) is 13.0 Å². The lowest BCUT2D eigenvalue weighted by Crippen LogP contribution is -2.41. The van der Waals surface area contributed by atoms with Crippen LogP contribution in [0, 0.1) is 0 Å². The van der Waals surface area contributed by atoms with Gasteiger partial charge in [0.15, 0.2) is 15.8 Å². The number of rotatable bonds is 7. The zero-order valence-corrected chi connectivity index (χ0v) is 15.6. The first kappa shape index (κ1) is 19.0. The van der Waals surface area contributed by atoms with Gasteiger partial charge in [0, 0.05) is 30.1 Å². The number of nitrogens with one attached hydrogen (secondary N) is 2. The molecule has 0 aliphatic carbocycles. The Morgan fingerprint density at radius 2 is 2.09 bits per heavy atom. The van der Waals surface area contributed by atoms with E-state index in [-0.39, 0.29) is 6.54 Å².